The summed E-state index contributed by atoms with van der Waals surface area (Å²) in [6.07, 6.45) is 78.0. The van der Waals surface area contributed by atoms with Crippen LogP contribution in [0.3, 0.4) is 0 Å². The van der Waals surface area contributed by atoms with Crippen LogP contribution < -0.4 is 5.32 Å². The number of nitrogens with one attached hydrogen (secondary N) is 1. The Kier molecular flexibility index (Phi) is 64.0. The predicted octanol–water partition coefficient (Wildman–Crippen LogP) is 16.3. The molecule has 0 spiro atoms. The average molecular weight is 1580 g/mol. The molecular weight excluding hydrogens is 1420 g/mol. The Labute approximate surface area is 675 Å². The molecule has 0 aromatic heterocycles. The van der Waals surface area contributed by atoms with E-state index in [9.17, 15) is 61.0 Å². The summed E-state index contributed by atoms with van der Waals surface area (Å²) in [4.78, 5) is 13.5. The van der Waals surface area contributed by atoms with E-state index in [1.165, 1.54) is 148 Å². The average Bonchev–Trinajstić information content (AvgIpc) is 0.780. The van der Waals surface area contributed by atoms with Crippen molar-refractivity contribution in [3.05, 3.63) is 158 Å². The lowest BCUT2D eigenvalue weighted by molar-refractivity contribution is -0.379. The zero-order chi connectivity index (χ0) is 81.0. The van der Waals surface area contributed by atoms with Crippen molar-refractivity contribution in [1.82, 2.24) is 5.32 Å². The summed E-state index contributed by atoms with van der Waals surface area (Å²) in [7, 11) is 0. The van der Waals surface area contributed by atoms with Gasteiger partial charge in [-0.05, 0) is 109 Å². The van der Waals surface area contributed by atoms with E-state index in [0.29, 0.717) is 6.42 Å². The number of carbonyl (C=O) groups excluding carboxylic acids is 1. The molecule has 17 atom stereocenters. The van der Waals surface area contributed by atoms with Gasteiger partial charge < -0.3 is 89.9 Å². The smallest absolute Gasteiger partial charge is 0.220 e. The highest BCUT2D eigenvalue weighted by Gasteiger charge is 2.54. The number of hydrogen-bond acceptors (Lipinski definition) is 18. The fourth-order valence-corrected chi connectivity index (χ4v) is 13.6. The van der Waals surface area contributed by atoms with E-state index in [0.717, 1.165) is 116 Å². The van der Waals surface area contributed by atoms with Gasteiger partial charge in [-0.1, -0.05) is 332 Å². The third-order valence-corrected chi connectivity index (χ3v) is 20.6. The zero-order valence-corrected chi connectivity index (χ0v) is 68.8. The number of allylic oxidation sites excluding steroid dienone is 25. The van der Waals surface area contributed by atoms with Gasteiger partial charge in [0.05, 0.1) is 38.6 Å². The van der Waals surface area contributed by atoms with Crippen LogP contribution in [0.4, 0.5) is 0 Å². The maximum absolute atomic E-state index is 13.5. The monoisotopic (exact) mass is 1570 g/mol. The summed E-state index contributed by atoms with van der Waals surface area (Å²) in [6, 6.07) is -1.01. The molecule has 3 fully saturated rings. The van der Waals surface area contributed by atoms with Gasteiger partial charge in [0, 0.05) is 6.42 Å². The van der Waals surface area contributed by atoms with Crippen molar-refractivity contribution in [3.8, 4) is 0 Å². The minimum Gasteiger partial charge on any atom is -0.394 e. The van der Waals surface area contributed by atoms with Crippen LogP contribution in [0, 0.1) is 0 Å². The Morgan fingerprint density at radius 3 is 0.964 bits per heavy atom. The molecule has 19 nitrogen and oxygen atoms in total. The topological polar surface area (TPSA) is 307 Å². The Bertz CT molecular complexity index is 2640. The van der Waals surface area contributed by atoms with Gasteiger partial charge in [-0.15, -0.1) is 0 Å². The first-order valence-electron chi connectivity index (χ1n) is 43.7. The van der Waals surface area contributed by atoms with Crippen molar-refractivity contribution in [2.24, 2.45) is 0 Å². The second kappa shape index (κ2) is 70.6. The van der Waals surface area contributed by atoms with Gasteiger partial charge >= 0.3 is 0 Å². The molecule has 0 aromatic carbocycles. The summed E-state index contributed by atoms with van der Waals surface area (Å²) in [5.41, 5.74) is 0. The van der Waals surface area contributed by atoms with E-state index in [1.54, 1.807) is 6.08 Å². The van der Waals surface area contributed by atoms with Crippen molar-refractivity contribution in [3.63, 3.8) is 0 Å². The molecule has 12 N–H and O–H groups in total. The lowest BCUT2D eigenvalue weighted by atomic mass is 9.96. The normalized spacial score (nSPS) is 25.7. The van der Waals surface area contributed by atoms with E-state index in [-0.39, 0.29) is 18.9 Å². The van der Waals surface area contributed by atoms with E-state index in [4.69, 9.17) is 28.4 Å². The van der Waals surface area contributed by atoms with E-state index < -0.39 is 124 Å². The zero-order valence-electron chi connectivity index (χ0n) is 68.8. The fourth-order valence-electron chi connectivity index (χ4n) is 13.6. The molecular formula is C93H155NO18. The molecule has 3 aliphatic rings. The van der Waals surface area contributed by atoms with Crippen molar-refractivity contribution >= 4 is 5.91 Å². The predicted molar refractivity (Wildman–Crippen MR) is 452 cm³/mol. The van der Waals surface area contributed by atoms with Crippen molar-refractivity contribution in [2.75, 3.05) is 26.4 Å². The van der Waals surface area contributed by atoms with E-state index in [2.05, 4.69) is 165 Å². The molecule has 112 heavy (non-hydrogen) atoms. The summed E-state index contributed by atoms with van der Waals surface area (Å²) in [6.45, 7) is 1.61. The molecule has 0 aromatic rings. The van der Waals surface area contributed by atoms with E-state index >= 15 is 0 Å². The summed E-state index contributed by atoms with van der Waals surface area (Å²) < 4.78 is 34.5. The van der Waals surface area contributed by atoms with Gasteiger partial charge in [0.1, 0.15) is 73.2 Å². The Balaban J connectivity index is 1.37. The molecule has 19 heteroatoms. The van der Waals surface area contributed by atoms with Gasteiger partial charge in [0.15, 0.2) is 18.9 Å². The SMILES string of the molecule is CC/C=C\C/C=C\C/C=C\C/C=C\C/C=C\C/C=C\C/C=C\C/C=C\C/C=C\C/C=C\C/C=C\C/C=C\CCCCC(=O)NC(COC1OC(CO)C(OC2OC(CO)C(OC3OC(CO)C(O)C(O)C3O)C(O)C2O)C(O)C1O)C(O)/C=C/CCCCCCCCCCCCCCCCCCCCCCCCCCCC. The molecule has 640 valence electrons. The molecule has 0 saturated carbocycles. The number of amides is 1. The van der Waals surface area contributed by atoms with Crippen LogP contribution in [0.25, 0.3) is 0 Å². The number of ether oxygens (including phenoxy) is 6. The maximum Gasteiger partial charge on any atom is 0.220 e. The Hall–Kier alpha value is -4.59. The quantitative estimate of drug-likeness (QED) is 0.0199. The molecule has 0 bridgehead atoms. The lowest BCUT2D eigenvalue weighted by Crippen LogP contribution is -2.66. The number of rotatable bonds is 68. The van der Waals surface area contributed by atoms with Crippen molar-refractivity contribution in [2.45, 2.75) is 394 Å². The molecule has 17 unspecified atom stereocenters. The van der Waals surface area contributed by atoms with Crippen LogP contribution in [0.2, 0.25) is 0 Å². The van der Waals surface area contributed by atoms with Crippen molar-refractivity contribution in [1.29, 1.82) is 0 Å². The van der Waals surface area contributed by atoms with Gasteiger partial charge in [-0.2, -0.15) is 0 Å². The molecule has 3 rings (SSSR count). The molecule has 3 aliphatic heterocycles. The van der Waals surface area contributed by atoms with E-state index in [1.807, 2.05) is 6.08 Å². The van der Waals surface area contributed by atoms with Gasteiger partial charge in [-0.25, -0.2) is 0 Å². The second-order valence-electron chi connectivity index (χ2n) is 30.3. The van der Waals surface area contributed by atoms with Gasteiger partial charge in [0.25, 0.3) is 0 Å². The maximum atomic E-state index is 13.5. The van der Waals surface area contributed by atoms with Crippen LogP contribution in [-0.4, -0.2) is 193 Å². The number of aliphatic hydroxyl groups is 11. The number of hydrogen-bond donors (Lipinski definition) is 12. The Morgan fingerprint density at radius 2 is 0.616 bits per heavy atom. The lowest BCUT2D eigenvalue weighted by Gasteiger charge is -2.48. The number of unbranched alkanes of at least 4 members (excludes halogenated alkanes) is 28. The highest BCUT2D eigenvalue weighted by molar-refractivity contribution is 5.76. The minimum absolute atomic E-state index is 0.178. The van der Waals surface area contributed by atoms with Gasteiger partial charge in [0.2, 0.25) is 5.91 Å². The van der Waals surface area contributed by atoms with Gasteiger partial charge in [-0.3, -0.25) is 4.79 Å². The summed E-state index contributed by atoms with van der Waals surface area (Å²) in [5, 5.41) is 121. The first kappa shape index (κ1) is 102. The molecule has 0 radical (unpaired) electrons. The van der Waals surface area contributed by atoms with Crippen LogP contribution in [-0.2, 0) is 33.2 Å². The number of aliphatic hydroxyl groups excluding tert-OH is 11. The third-order valence-electron chi connectivity index (χ3n) is 20.6. The minimum atomic E-state index is -1.99. The third kappa shape index (κ3) is 48.8. The Morgan fingerprint density at radius 1 is 0.330 bits per heavy atom. The van der Waals surface area contributed by atoms with Crippen molar-refractivity contribution < 1.29 is 89.4 Å². The highest BCUT2D eigenvalue weighted by Crippen LogP contribution is 2.33. The number of carbonyl (C=O) groups is 1. The van der Waals surface area contributed by atoms with Crippen LogP contribution >= 0.6 is 0 Å². The standard InChI is InChI=1S/C93H155NO18/c1-3-5-7-9-11-13-15-17-19-21-23-25-27-29-31-33-34-35-36-37-38-39-40-41-42-43-45-47-49-51-53-55-57-59-61-63-65-67-69-71-81(99)94-76(77(98)70-68-66-64-62-60-58-56-54-52-50-48-46-44-32-30-28-26-24-22-20-18-16-14-12-10-8-6-4-2)75-107-91-87(105)84(102)89(79(73-96)109-91)112-93-88(106)85(103)90(80(74-97)110-93)111-92-86(104)83(101)82(100)78(72-95)108-92/h5,7,11,13,17,19,23,25,29,31,34-35,37-38,40-41,43,45,49,51,55,57,61,63,68,70,76-80,82-93,95-98,100-106H,3-4,6,8-10,12,14-16,18,20-22,24,26-28,30,32-33,36,39,42,44,46-48,50,52-54,56,58-60,62,64-67,69,71-75H2,1-2H3,(H,94,99)/b7-5-,13-11-,19-17-,25-23-,31-29-,35-34-,38-37-,41-40-,45-43-,51-49-,57-55-,63-61-,70-68+. The molecule has 3 saturated heterocycles. The largest absolute Gasteiger partial charge is 0.394 e. The highest BCUT2D eigenvalue weighted by atomic mass is 16.8. The fraction of sp³-hybridized carbons (Fsp3) is 0.710. The molecule has 0 aliphatic carbocycles. The molecule has 1 amide bonds. The summed E-state index contributed by atoms with van der Waals surface area (Å²) in [5.74, 6) is -0.321. The van der Waals surface area contributed by atoms with Crippen LogP contribution in [0.1, 0.15) is 290 Å². The van der Waals surface area contributed by atoms with Crippen LogP contribution in [0.5, 0.6) is 0 Å². The second-order valence-corrected chi connectivity index (χ2v) is 30.3. The van der Waals surface area contributed by atoms with Crippen LogP contribution in [0.15, 0.2) is 158 Å². The first-order chi connectivity index (χ1) is 54.8. The summed E-state index contributed by atoms with van der Waals surface area (Å²) >= 11 is 0. The first-order valence-corrected chi connectivity index (χ1v) is 43.7. The molecule has 3 heterocycles.